The molecule has 1 saturated carbocycles. The van der Waals surface area contributed by atoms with Gasteiger partial charge in [0.05, 0.1) is 11.3 Å². The van der Waals surface area contributed by atoms with Crippen LogP contribution in [0.25, 0.3) is 0 Å². The Hall–Kier alpha value is -1.16. The van der Waals surface area contributed by atoms with E-state index in [-0.39, 0.29) is 0 Å². The average molecular weight is 293 g/mol. The Balaban J connectivity index is 2.25. The Morgan fingerprint density at radius 1 is 1.30 bits per heavy atom. The standard InChI is InChI=1S/C16H23NO2S/c1-11-7-4-3-5-8-12(11)17-13-9-6-10-14(20-2)15(13)16(18)19/h6,9-12,17H,3-5,7-8H2,1-2H3,(H,18,19). The molecule has 2 N–H and O–H groups in total. The lowest BCUT2D eigenvalue weighted by Gasteiger charge is -2.25. The SMILES string of the molecule is CSc1cccc(NC2CCCCCC2C)c1C(=O)O. The number of hydrogen-bond donors (Lipinski definition) is 2. The largest absolute Gasteiger partial charge is 0.478 e. The summed E-state index contributed by atoms with van der Waals surface area (Å²) in [7, 11) is 0. The van der Waals surface area contributed by atoms with Crippen molar-refractivity contribution in [1.82, 2.24) is 0 Å². The minimum atomic E-state index is -0.848. The Kier molecular flexibility index (Phi) is 5.35. The van der Waals surface area contributed by atoms with Crippen LogP contribution >= 0.6 is 11.8 Å². The molecule has 2 unspecified atom stereocenters. The van der Waals surface area contributed by atoms with Crippen molar-refractivity contribution in [2.24, 2.45) is 5.92 Å². The van der Waals surface area contributed by atoms with Crippen LogP contribution in [0, 0.1) is 5.92 Å². The molecular formula is C16H23NO2S. The Morgan fingerprint density at radius 3 is 2.75 bits per heavy atom. The van der Waals surface area contributed by atoms with Crippen molar-refractivity contribution in [3.8, 4) is 0 Å². The number of benzene rings is 1. The number of carboxylic acid groups (broad SMARTS) is 1. The Labute approximate surface area is 125 Å². The zero-order chi connectivity index (χ0) is 14.5. The topological polar surface area (TPSA) is 49.3 Å². The van der Waals surface area contributed by atoms with Gasteiger partial charge in [-0.1, -0.05) is 32.3 Å². The van der Waals surface area contributed by atoms with Gasteiger partial charge in [0.1, 0.15) is 0 Å². The van der Waals surface area contributed by atoms with E-state index in [1.54, 1.807) is 0 Å². The van der Waals surface area contributed by atoms with E-state index in [1.807, 2.05) is 24.5 Å². The second kappa shape index (κ2) is 7.02. The maximum absolute atomic E-state index is 11.5. The molecule has 2 atom stereocenters. The number of hydrogen-bond acceptors (Lipinski definition) is 3. The predicted molar refractivity (Wildman–Crippen MR) is 84.8 cm³/mol. The highest BCUT2D eigenvalue weighted by Crippen LogP contribution is 2.31. The van der Waals surface area contributed by atoms with Gasteiger partial charge in [0.25, 0.3) is 0 Å². The van der Waals surface area contributed by atoms with E-state index < -0.39 is 5.97 Å². The molecule has 1 aromatic rings. The van der Waals surface area contributed by atoms with Gasteiger partial charge in [0, 0.05) is 10.9 Å². The van der Waals surface area contributed by atoms with Crippen molar-refractivity contribution >= 4 is 23.4 Å². The number of rotatable bonds is 4. The Bertz CT molecular complexity index is 476. The summed E-state index contributed by atoms with van der Waals surface area (Å²) in [6, 6.07) is 6.08. The van der Waals surface area contributed by atoms with Gasteiger partial charge in [-0.05, 0) is 37.1 Å². The summed E-state index contributed by atoms with van der Waals surface area (Å²) in [5.74, 6) is -0.254. The molecule has 1 aromatic carbocycles. The number of nitrogens with one attached hydrogen (secondary N) is 1. The second-order valence-corrected chi connectivity index (χ2v) is 6.40. The molecule has 0 bridgehead atoms. The second-order valence-electron chi connectivity index (χ2n) is 5.55. The summed E-state index contributed by atoms with van der Waals surface area (Å²) < 4.78 is 0. The van der Waals surface area contributed by atoms with E-state index in [2.05, 4.69) is 12.2 Å². The molecule has 0 amide bonds. The van der Waals surface area contributed by atoms with Gasteiger partial charge in [-0.25, -0.2) is 4.79 Å². The molecule has 2 rings (SSSR count). The van der Waals surface area contributed by atoms with Crippen molar-refractivity contribution in [1.29, 1.82) is 0 Å². The van der Waals surface area contributed by atoms with Crippen LogP contribution in [0.5, 0.6) is 0 Å². The fraction of sp³-hybridized carbons (Fsp3) is 0.562. The van der Waals surface area contributed by atoms with Gasteiger partial charge in [0.15, 0.2) is 0 Å². The first kappa shape index (κ1) is 15.2. The molecule has 110 valence electrons. The molecule has 0 radical (unpaired) electrons. The van der Waals surface area contributed by atoms with Crippen molar-refractivity contribution in [2.75, 3.05) is 11.6 Å². The van der Waals surface area contributed by atoms with Crippen molar-refractivity contribution < 1.29 is 9.90 Å². The first-order valence-corrected chi connectivity index (χ1v) is 8.52. The quantitative estimate of drug-likeness (QED) is 0.634. The fourth-order valence-corrected chi connectivity index (χ4v) is 3.57. The minimum Gasteiger partial charge on any atom is -0.478 e. The molecular weight excluding hydrogens is 270 g/mol. The van der Waals surface area contributed by atoms with Crippen LogP contribution in [0.3, 0.4) is 0 Å². The summed E-state index contributed by atoms with van der Waals surface area (Å²) in [5.41, 5.74) is 1.18. The average Bonchev–Trinajstić information content (AvgIpc) is 2.63. The molecule has 0 saturated heterocycles. The number of thioether (sulfide) groups is 1. The normalized spacial score (nSPS) is 23.1. The molecule has 0 heterocycles. The van der Waals surface area contributed by atoms with Crippen LogP contribution < -0.4 is 5.32 Å². The number of anilines is 1. The van der Waals surface area contributed by atoms with Crippen LogP contribution in [-0.2, 0) is 0 Å². The first-order valence-electron chi connectivity index (χ1n) is 7.30. The van der Waals surface area contributed by atoms with Crippen molar-refractivity contribution in [3.05, 3.63) is 23.8 Å². The van der Waals surface area contributed by atoms with Crippen LogP contribution in [0.2, 0.25) is 0 Å². The van der Waals surface area contributed by atoms with E-state index in [4.69, 9.17) is 0 Å². The monoisotopic (exact) mass is 293 g/mol. The zero-order valence-electron chi connectivity index (χ0n) is 12.2. The highest BCUT2D eigenvalue weighted by atomic mass is 32.2. The molecule has 0 spiro atoms. The van der Waals surface area contributed by atoms with Gasteiger partial charge in [0.2, 0.25) is 0 Å². The summed E-state index contributed by atoms with van der Waals surface area (Å²) in [4.78, 5) is 12.4. The molecule has 1 aliphatic rings. The van der Waals surface area contributed by atoms with Gasteiger partial charge >= 0.3 is 5.97 Å². The first-order chi connectivity index (χ1) is 9.63. The summed E-state index contributed by atoms with van der Waals surface area (Å²) in [5, 5.41) is 13.0. The maximum atomic E-state index is 11.5. The van der Waals surface area contributed by atoms with Crippen LogP contribution in [0.1, 0.15) is 49.4 Å². The van der Waals surface area contributed by atoms with E-state index >= 15 is 0 Å². The zero-order valence-corrected chi connectivity index (χ0v) is 13.0. The highest BCUT2D eigenvalue weighted by Gasteiger charge is 2.22. The smallest absolute Gasteiger partial charge is 0.338 e. The molecule has 4 heteroatoms. The van der Waals surface area contributed by atoms with Crippen molar-refractivity contribution in [2.45, 2.75) is 50.0 Å². The number of aromatic carboxylic acids is 1. The molecule has 3 nitrogen and oxygen atoms in total. The molecule has 20 heavy (non-hydrogen) atoms. The number of carboxylic acids is 1. The van der Waals surface area contributed by atoms with E-state index in [0.29, 0.717) is 17.5 Å². The van der Waals surface area contributed by atoms with Gasteiger partial charge < -0.3 is 10.4 Å². The lowest BCUT2D eigenvalue weighted by atomic mass is 9.96. The summed E-state index contributed by atoms with van der Waals surface area (Å²) in [6.45, 7) is 2.27. The number of carbonyl (C=O) groups is 1. The molecule has 0 aromatic heterocycles. The highest BCUT2D eigenvalue weighted by molar-refractivity contribution is 7.98. The van der Waals surface area contributed by atoms with E-state index in [1.165, 1.54) is 37.4 Å². The third-order valence-corrected chi connectivity index (χ3v) is 4.94. The van der Waals surface area contributed by atoms with Gasteiger partial charge in [-0.3, -0.25) is 0 Å². The summed E-state index contributed by atoms with van der Waals surface area (Å²) in [6.07, 6.45) is 8.08. The predicted octanol–water partition coefficient (Wildman–Crippen LogP) is 4.49. The lowest BCUT2D eigenvalue weighted by molar-refractivity contribution is 0.0694. The van der Waals surface area contributed by atoms with E-state index in [9.17, 15) is 9.90 Å². The maximum Gasteiger partial charge on any atom is 0.338 e. The molecule has 0 aliphatic heterocycles. The fourth-order valence-electron chi connectivity index (χ4n) is 2.95. The van der Waals surface area contributed by atoms with Crippen LogP contribution in [-0.4, -0.2) is 23.4 Å². The van der Waals surface area contributed by atoms with Gasteiger partial charge in [-0.15, -0.1) is 11.8 Å². The lowest BCUT2D eigenvalue weighted by Crippen LogP contribution is -2.27. The van der Waals surface area contributed by atoms with Crippen LogP contribution in [0.4, 0.5) is 5.69 Å². The minimum absolute atomic E-state index is 0.382. The molecule has 1 aliphatic carbocycles. The van der Waals surface area contributed by atoms with Crippen LogP contribution in [0.15, 0.2) is 23.1 Å². The third kappa shape index (κ3) is 3.48. The molecule has 1 fully saturated rings. The van der Waals surface area contributed by atoms with Gasteiger partial charge in [-0.2, -0.15) is 0 Å². The third-order valence-electron chi connectivity index (χ3n) is 4.16. The Morgan fingerprint density at radius 2 is 2.05 bits per heavy atom. The van der Waals surface area contributed by atoms with Crippen molar-refractivity contribution in [3.63, 3.8) is 0 Å². The summed E-state index contributed by atoms with van der Waals surface area (Å²) >= 11 is 1.48. The van der Waals surface area contributed by atoms with E-state index in [0.717, 1.165) is 17.0 Å².